The van der Waals surface area contributed by atoms with E-state index in [1.165, 1.54) is 13.0 Å². The molecule has 7 nitrogen and oxygen atoms in total. The summed E-state index contributed by atoms with van der Waals surface area (Å²) in [5.41, 5.74) is 0.805. The number of hydrogen-bond donors (Lipinski definition) is 4. The third-order valence-electron chi connectivity index (χ3n) is 3.02. The van der Waals surface area contributed by atoms with Gasteiger partial charge in [-0.2, -0.15) is 0 Å². The van der Waals surface area contributed by atoms with Gasteiger partial charge < -0.3 is 21.1 Å². The molecule has 0 aliphatic rings. The van der Waals surface area contributed by atoms with E-state index >= 15 is 0 Å². The second-order valence-corrected chi connectivity index (χ2v) is 4.70. The van der Waals surface area contributed by atoms with Crippen molar-refractivity contribution in [3.05, 3.63) is 47.5 Å². The maximum absolute atomic E-state index is 12.2. The third-order valence-corrected chi connectivity index (χ3v) is 3.02. The van der Waals surface area contributed by atoms with E-state index < -0.39 is 40.0 Å². The van der Waals surface area contributed by atoms with Gasteiger partial charge in [-0.3, -0.25) is 14.4 Å². The first-order valence-corrected chi connectivity index (χ1v) is 6.15. The van der Waals surface area contributed by atoms with Crippen LogP contribution in [0.4, 0.5) is 0 Å². The monoisotopic (exact) mass is 309 g/mol. The Morgan fingerprint density at radius 1 is 1.09 bits per heavy atom. The largest absolute Gasteiger partial charge is 0.508 e. The summed E-state index contributed by atoms with van der Waals surface area (Å²) in [4.78, 5) is 35.0. The van der Waals surface area contributed by atoms with Gasteiger partial charge in [0.05, 0.1) is 11.1 Å². The zero-order chi connectivity index (χ0) is 17.8. The number of rotatable bonds is 7. The predicted octanol–water partition coefficient (Wildman–Crippen LogP) is 0.767. The van der Waals surface area contributed by atoms with Gasteiger partial charge >= 0.3 is 0 Å². The minimum Gasteiger partial charge on any atom is -0.508 e. The van der Waals surface area contributed by atoms with Crippen molar-refractivity contribution in [2.75, 3.05) is 0 Å². The molecule has 0 spiro atoms. The van der Waals surface area contributed by atoms with Crippen LogP contribution in [0.5, 0.6) is 0 Å². The molecule has 1 unspecified atom stereocenters. The van der Waals surface area contributed by atoms with Crippen LogP contribution in [0.2, 0.25) is 0 Å². The molecule has 0 radical (unpaired) electrons. The molecular formula is C15H19NO6. The van der Waals surface area contributed by atoms with Gasteiger partial charge in [-0.25, -0.2) is 0 Å². The van der Waals surface area contributed by atoms with E-state index in [9.17, 15) is 29.7 Å². The van der Waals surface area contributed by atoms with Crippen molar-refractivity contribution < 1.29 is 29.7 Å². The van der Waals surface area contributed by atoms with Crippen LogP contribution in [0.3, 0.4) is 0 Å². The maximum atomic E-state index is 12.2. The Kier molecular flexibility index (Phi) is 6.03. The van der Waals surface area contributed by atoms with E-state index in [0.29, 0.717) is 0 Å². The number of allylic oxidation sites excluding steroid dienone is 1. The summed E-state index contributed by atoms with van der Waals surface area (Å²) in [6.07, 6.45) is 1.23. The van der Waals surface area contributed by atoms with Crippen LogP contribution < -0.4 is 5.73 Å². The number of carbonyl (C=O) groups is 3. The topological polar surface area (TPSA) is 138 Å². The maximum Gasteiger partial charge on any atom is 0.251 e. The standard InChI is InChI=1S/C15H19NO6/c1-6-10(17)7(2)11(18)8(3)12(19)15(5,22)13(20)9(4)14(16)21/h6,17-18,22H,2,4H2,1,3,5H3,(H2,16,21)/b10-6+,11-8?. The number of ketones is 2. The average Bonchev–Trinajstić information content (AvgIpc) is 2.48. The smallest absolute Gasteiger partial charge is 0.251 e. The lowest BCUT2D eigenvalue weighted by Gasteiger charge is -2.21. The summed E-state index contributed by atoms with van der Waals surface area (Å²) in [6, 6.07) is 0. The fourth-order valence-electron chi connectivity index (χ4n) is 1.50. The van der Waals surface area contributed by atoms with Crippen LogP contribution in [0.25, 0.3) is 0 Å². The first kappa shape index (κ1) is 19.3. The van der Waals surface area contributed by atoms with Gasteiger partial charge in [0.25, 0.3) is 5.91 Å². The van der Waals surface area contributed by atoms with Crippen molar-refractivity contribution in [3.8, 4) is 0 Å². The van der Waals surface area contributed by atoms with Crippen LogP contribution in [0.15, 0.2) is 47.5 Å². The van der Waals surface area contributed by atoms with Gasteiger partial charge in [-0.1, -0.05) is 13.2 Å². The number of aliphatic hydroxyl groups is 3. The highest BCUT2D eigenvalue weighted by Gasteiger charge is 2.42. The molecule has 0 aliphatic carbocycles. The number of hydrogen-bond acceptors (Lipinski definition) is 6. The number of carbonyl (C=O) groups excluding carboxylic acids is 3. The summed E-state index contributed by atoms with van der Waals surface area (Å²) in [7, 11) is 0. The van der Waals surface area contributed by atoms with Crippen molar-refractivity contribution in [2.45, 2.75) is 26.4 Å². The molecule has 1 amide bonds. The Labute approximate surface area is 127 Å². The molecule has 0 saturated heterocycles. The molecule has 0 heterocycles. The van der Waals surface area contributed by atoms with Crippen molar-refractivity contribution in [3.63, 3.8) is 0 Å². The molecule has 7 heteroatoms. The van der Waals surface area contributed by atoms with E-state index in [1.807, 2.05) is 0 Å². The van der Waals surface area contributed by atoms with Crippen LogP contribution in [-0.4, -0.2) is 38.4 Å². The molecule has 5 N–H and O–H groups in total. The highest BCUT2D eigenvalue weighted by atomic mass is 16.3. The van der Waals surface area contributed by atoms with Gasteiger partial charge in [0.1, 0.15) is 11.5 Å². The van der Waals surface area contributed by atoms with Crippen LogP contribution in [-0.2, 0) is 14.4 Å². The van der Waals surface area contributed by atoms with Gasteiger partial charge in [-0.05, 0) is 26.8 Å². The number of aliphatic hydroxyl groups excluding tert-OH is 2. The average molecular weight is 309 g/mol. The normalized spacial score (nSPS) is 15.4. The highest BCUT2D eigenvalue weighted by Crippen LogP contribution is 2.22. The van der Waals surface area contributed by atoms with Gasteiger partial charge in [0.2, 0.25) is 11.6 Å². The first-order valence-electron chi connectivity index (χ1n) is 6.15. The molecule has 0 aromatic rings. The molecule has 0 saturated carbocycles. The van der Waals surface area contributed by atoms with E-state index in [1.54, 1.807) is 0 Å². The Morgan fingerprint density at radius 3 is 1.91 bits per heavy atom. The summed E-state index contributed by atoms with van der Waals surface area (Å²) < 4.78 is 0. The summed E-state index contributed by atoms with van der Waals surface area (Å²) in [5.74, 6) is -4.71. The lowest BCUT2D eigenvalue weighted by atomic mass is 9.86. The predicted molar refractivity (Wildman–Crippen MR) is 79.8 cm³/mol. The zero-order valence-corrected chi connectivity index (χ0v) is 12.6. The molecule has 120 valence electrons. The Bertz CT molecular complexity index is 622. The molecule has 0 fully saturated rings. The Hall–Kier alpha value is -2.67. The third kappa shape index (κ3) is 3.70. The van der Waals surface area contributed by atoms with Crippen molar-refractivity contribution in [1.29, 1.82) is 0 Å². The summed E-state index contributed by atoms with van der Waals surface area (Å²) in [5, 5.41) is 29.4. The molecule has 1 atom stereocenters. The van der Waals surface area contributed by atoms with Gasteiger partial charge in [0, 0.05) is 5.57 Å². The number of Topliss-reactive ketones (excluding diaryl/α,β-unsaturated/α-hetero) is 2. The van der Waals surface area contributed by atoms with E-state index in [4.69, 9.17) is 5.73 Å². The molecule has 0 aromatic carbocycles. The number of primary amides is 1. The van der Waals surface area contributed by atoms with Crippen molar-refractivity contribution in [1.82, 2.24) is 0 Å². The van der Waals surface area contributed by atoms with E-state index in [0.717, 1.165) is 13.8 Å². The number of nitrogens with two attached hydrogens (primary N) is 1. The first-order chi connectivity index (χ1) is 9.89. The van der Waals surface area contributed by atoms with Crippen LogP contribution in [0.1, 0.15) is 20.8 Å². The molecule has 0 aliphatic heterocycles. The lowest BCUT2D eigenvalue weighted by Crippen LogP contribution is -2.47. The SMILES string of the molecule is C=C(C(N)=O)C(=O)C(C)(O)C(=O)C(C)=C(O)C(=C)/C(O)=C\C. The summed E-state index contributed by atoms with van der Waals surface area (Å²) >= 11 is 0. The molecule has 22 heavy (non-hydrogen) atoms. The lowest BCUT2D eigenvalue weighted by molar-refractivity contribution is -0.144. The second-order valence-electron chi connectivity index (χ2n) is 4.70. The minimum absolute atomic E-state index is 0.259. The van der Waals surface area contributed by atoms with Crippen molar-refractivity contribution in [2.24, 2.45) is 5.73 Å². The summed E-state index contributed by atoms with van der Waals surface area (Å²) in [6.45, 7) is 9.93. The van der Waals surface area contributed by atoms with E-state index in [2.05, 4.69) is 13.2 Å². The van der Waals surface area contributed by atoms with E-state index in [-0.39, 0.29) is 11.3 Å². The molecular weight excluding hydrogens is 290 g/mol. The van der Waals surface area contributed by atoms with Crippen LogP contribution >= 0.6 is 0 Å². The zero-order valence-electron chi connectivity index (χ0n) is 12.6. The Morgan fingerprint density at radius 2 is 1.55 bits per heavy atom. The fourth-order valence-corrected chi connectivity index (χ4v) is 1.50. The van der Waals surface area contributed by atoms with Crippen molar-refractivity contribution >= 4 is 17.5 Å². The number of amides is 1. The molecule has 0 rings (SSSR count). The van der Waals surface area contributed by atoms with Crippen LogP contribution in [0, 0.1) is 0 Å². The minimum atomic E-state index is -2.64. The van der Waals surface area contributed by atoms with Gasteiger partial charge in [0.15, 0.2) is 5.60 Å². The van der Waals surface area contributed by atoms with Gasteiger partial charge in [-0.15, -0.1) is 0 Å². The Balaban J connectivity index is 5.75. The second kappa shape index (κ2) is 6.86. The molecule has 0 bridgehead atoms. The highest BCUT2D eigenvalue weighted by molar-refractivity contribution is 6.29. The fraction of sp³-hybridized carbons (Fsp3) is 0.267. The molecule has 0 aromatic heterocycles. The quantitative estimate of drug-likeness (QED) is 0.180.